The molecule has 2 aromatic rings. The van der Waals surface area contributed by atoms with Gasteiger partial charge in [0.2, 0.25) is 12.7 Å². The van der Waals surface area contributed by atoms with E-state index in [1.807, 2.05) is 36.4 Å². The van der Waals surface area contributed by atoms with Crippen LogP contribution in [-0.2, 0) is 17.9 Å². The van der Waals surface area contributed by atoms with Gasteiger partial charge in [-0.15, -0.1) is 0 Å². The quantitative estimate of drug-likeness (QED) is 0.754. The van der Waals surface area contributed by atoms with Gasteiger partial charge in [0.25, 0.3) is 0 Å². The van der Waals surface area contributed by atoms with E-state index < -0.39 is 0 Å². The first-order chi connectivity index (χ1) is 14.6. The SMILES string of the molecule is CC[C@@H]1CN(CCC(=O)NCc2ccc3c(c2)OCO3)Cc2cc(OC)ccc2O1. The summed E-state index contributed by atoms with van der Waals surface area (Å²) in [5.41, 5.74) is 2.08. The number of amides is 1. The molecule has 0 aliphatic carbocycles. The Bertz CT molecular complexity index is 901. The average Bonchev–Trinajstić information content (AvgIpc) is 3.16. The van der Waals surface area contributed by atoms with Gasteiger partial charge in [0.15, 0.2) is 11.5 Å². The summed E-state index contributed by atoms with van der Waals surface area (Å²) in [6.45, 7) is 5.04. The molecular weight excluding hydrogens is 384 g/mol. The zero-order valence-electron chi connectivity index (χ0n) is 17.5. The van der Waals surface area contributed by atoms with Gasteiger partial charge in [-0.1, -0.05) is 13.0 Å². The van der Waals surface area contributed by atoms with E-state index >= 15 is 0 Å². The number of carbonyl (C=O) groups excluding carboxylic acids is 1. The molecule has 2 aromatic carbocycles. The van der Waals surface area contributed by atoms with Crippen LogP contribution in [0, 0.1) is 0 Å². The molecule has 7 nitrogen and oxygen atoms in total. The molecule has 2 aliphatic heterocycles. The first-order valence-corrected chi connectivity index (χ1v) is 10.4. The molecule has 0 bridgehead atoms. The molecule has 0 aromatic heterocycles. The number of rotatable bonds is 7. The second-order valence-electron chi connectivity index (χ2n) is 7.57. The van der Waals surface area contributed by atoms with Gasteiger partial charge in [-0.05, 0) is 42.3 Å². The van der Waals surface area contributed by atoms with Crippen LogP contribution in [0.1, 0.15) is 30.9 Å². The van der Waals surface area contributed by atoms with Gasteiger partial charge in [0.05, 0.1) is 7.11 Å². The Balaban J connectivity index is 1.32. The van der Waals surface area contributed by atoms with Crippen molar-refractivity contribution in [1.82, 2.24) is 10.2 Å². The van der Waals surface area contributed by atoms with E-state index in [9.17, 15) is 4.79 Å². The summed E-state index contributed by atoms with van der Waals surface area (Å²) < 4.78 is 22.2. The zero-order valence-corrected chi connectivity index (χ0v) is 17.5. The fourth-order valence-corrected chi connectivity index (χ4v) is 3.71. The Kier molecular flexibility index (Phi) is 6.28. The normalized spacial score (nSPS) is 17.6. The minimum atomic E-state index is 0.0248. The van der Waals surface area contributed by atoms with Crippen molar-refractivity contribution in [2.24, 2.45) is 0 Å². The molecule has 0 radical (unpaired) electrons. The third-order valence-corrected chi connectivity index (χ3v) is 5.45. The number of hydrogen-bond acceptors (Lipinski definition) is 6. The van der Waals surface area contributed by atoms with Crippen molar-refractivity contribution in [3.8, 4) is 23.0 Å². The van der Waals surface area contributed by atoms with Crippen LogP contribution in [0.2, 0.25) is 0 Å². The Morgan fingerprint density at radius 1 is 1.17 bits per heavy atom. The number of carbonyl (C=O) groups is 1. The van der Waals surface area contributed by atoms with Gasteiger partial charge in [-0.2, -0.15) is 0 Å². The van der Waals surface area contributed by atoms with Crippen molar-refractivity contribution in [2.45, 2.75) is 39.0 Å². The van der Waals surface area contributed by atoms with E-state index in [0.717, 1.165) is 53.6 Å². The maximum absolute atomic E-state index is 12.4. The Hall–Kier alpha value is -2.93. The van der Waals surface area contributed by atoms with Gasteiger partial charge >= 0.3 is 0 Å². The van der Waals surface area contributed by atoms with Gasteiger partial charge in [-0.3, -0.25) is 9.69 Å². The van der Waals surface area contributed by atoms with Gasteiger partial charge in [-0.25, -0.2) is 0 Å². The molecule has 1 atom stereocenters. The number of nitrogens with zero attached hydrogens (tertiary/aromatic N) is 1. The second-order valence-corrected chi connectivity index (χ2v) is 7.57. The number of nitrogens with one attached hydrogen (secondary N) is 1. The number of hydrogen-bond donors (Lipinski definition) is 1. The first-order valence-electron chi connectivity index (χ1n) is 10.4. The molecule has 160 valence electrons. The lowest BCUT2D eigenvalue weighted by atomic mass is 10.1. The van der Waals surface area contributed by atoms with Gasteiger partial charge < -0.3 is 24.3 Å². The number of ether oxygens (including phenoxy) is 4. The molecule has 2 heterocycles. The third-order valence-electron chi connectivity index (χ3n) is 5.45. The lowest BCUT2D eigenvalue weighted by molar-refractivity contribution is -0.121. The van der Waals surface area contributed by atoms with E-state index in [1.54, 1.807) is 7.11 Å². The van der Waals surface area contributed by atoms with Crippen LogP contribution in [0.5, 0.6) is 23.0 Å². The molecule has 0 unspecified atom stereocenters. The highest BCUT2D eigenvalue weighted by Crippen LogP contribution is 2.32. The van der Waals surface area contributed by atoms with E-state index in [-0.39, 0.29) is 18.8 Å². The molecule has 2 aliphatic rings. The van der Waals surface area contributed by atoms with E-state index in [0.29, 0.717) is 19.5 Å². The fourth-order valence-electron chi connectivity index (χ4n) is 3.71. The maximum Gasteiger partial charge on any atom is 0.231 e. The lowest BCUT2D eigenvalue weighted by Crippen LogP contribution is -2.35. The van der Waals surface area contributed by atoms with E-state index in [4.69, 9.17) is 18.9 Å². The summed E-state index contributed by atoms with van der Waals surface area (Å²) in [5, 5.41) is 2.99. The minimum absolute atomic E-state index is 0.0248. The predicted molar refractivity (Wildman–Crippen MR) is 112 cm³/mol. The fraction of sp³-hybridized carbons (Fsp3) is 0.435. The van der Waals surface area contributed by atoms with Crippen LogP contribution < -0.4 is 24.3 Å². The van der Waals surface area contributed by atoms with Crippen LogP contribution in [0.3, 0.4) is 0 Å². The zero-order chi connectivity index (χ0) is 20.9. The number of benzene rings is 2. The predicted octanol–water partition coefficient (Wildman–Crippen LogP) is 3.10. The molecule has 1 amide bonds. The maximum atomic E-state index is 12.4. The van der Waals surface area contributed by atoms with E-state index in [2.05, 4.69) is 17.1 Å². The molecular formula is C23H28N2O5. The van der Waals surface area contributed by atoms with Gasteiger partial charge in [0.1, 0.15) is 17.6 Å². The van der Waals surface area contributed by atoms with Crippen molar-refractivity contribution in [3.63, 3.8) is 0 Å². The summed E-state index contributed by atoms with van der Waals surface area (Å²) in [7, 11) is 1.66. The highest BCUT2D eigenvalue weighted by atomic mass is 16.7. The molecule has 30 heavy (non-hydrogen) atoms. The Morgan fingerprint density at radius 2 is 2.00 bits per heavy atom. The molecule has 0 saturated carbocycles. The standard InChI is InChI=1S/C23H28N2O5/c1-3-18-14-25(13-17-11-19(27-2)5-7-20(17)30-18)9-8-23(26)24-12-16-4-6-21-22(10-16)29-15-28-21/h4-7,10-11,18H,3,8-9,12-15H2,1-2H3,(H,24,26)/t18-/m1/s1. The van der Waals surface area contributed by atoms with Crippen molar-refractivity contribution in [1.29, 1.82) is 0 Å². The molecule has 0 saturated heterocycles. The first kappa shape index (κ1) is 20.3. The third kappa shape index (κ3) is 4.79. The van der Waals surface area contributed by atoms with Gasteiger partial charge in [0, 0.05) is 38.2 Å². The summed E-state index contributed by atoms with van der Waals surface area (Å²) in [4.78, 5) is 14.7. The summed E-state index contributed by atoms with van der Waals surface area (Å²) >= 11 is 0. The molecule has 0 spiro atoms. The summed E-state index contributed by atoms with van der Waals surface area (Å²) in [6, 6.07) is 11.6. The minimum Gasteiger partial charge on any atom is -0.497 e. The van der Waals surface area contributed by atoms with Crippen LogP contribution >= 0.6 is 0 Å². The van der Waals surface area contributed by atoms with Crippen LogP contribution in [0.25, 0.3) is 0 Å². The topological polar surface area (TPSA) is 69.3 Å². The molecule has 0 fully saturated rings. The molecule has 4 rings (SSSR count). The monoisotopic (exact) mass is 412 g/mol. The van der Waals surface area contributed by atoms with Crippen LogP contribution in [-0.4, -0.2) is 43.9 Å². The number of methoxy groups -OCH3 is 1. The van der Waals surface area contributed by atoms with Crippen molar-refractivity contribution >= 4 is 5.91 Å². The highest BCUT2D eigenvalue weighted by Gasteiger charge is 2.23. The van der Waals surface area contributed by atoms with Crippen molar-refractivity contribution in [2.75, 3.05) is 27.0 Å². The molecule has 7 heteroatoms. The highest BCUT2D eigenvalue weighted by molar-refractivity contribution is 5.76. The van der Waals surface area contributed by atoms with Crippen LogP contribution in [0.4, 0.5) is 0 Å². The van der Waals surface area contributed by atoms with E-state index in [1.165, 1.54) is 0 Å². The second kappa shape index (κ2) is 9.26. The lowest BCUT2D eigenvalue weighted by Gasteiger charge is -2.22. The Morgan fingerprint density at radius 3 is 2.83 bits per heavy atom. The average molecular weight is 412 g/mol. The van der Waals surface area contributed by atoms with Crippen LogP contribution in [0.15, 0.2) is 36.4 Å². The van der Waals surface area contributed by atoms with Crippen molar-refractivity contribution < 1.29 is 23.7 Å². The van der Waals surface area contributed by atoms with Crippen molar-refractivity contribution in [3.05, 3.63) is 47.5 Å². The summed E-state index contributed by atoms with van der Waals surface area (Å²) in [5.74, 6) is 3.21. The summed E-state index contributed by atoms with van der Waals surface area (Å²) in [6.07, 6.45) is 1.45. The number of fused-ring (bicyclic) bond motifs is 2. The smallest absolute Gasteiger partial charge is 0.231 e. The largest absolute Gasteiger partial charge is 0.497 e. The molecule has 1 N–H and O–H groups in total. The Labute approximate surface area is 176 Å².